The minimum atomic E-state index is -0.897. The minimum absolute atomic E-state index is 0.0509. The van der Waals surface area contributed by atoms with Crippen molar-refractivity contribution in [2.75, 3.05) is 10.6 Å². The zero-order valence-corrected chi connectivity index (χ0v) is 14.5. The molecule has 3 aromatic rings. The van der Waals surface area contributed by atoms with Gasteiger partial charge < -0.3 is 10.6 Å². The van der Waals surface area contributed by atoms with Crippen molar-refractivity contribution in [1.29, 1.82) is 0 Å². The highest BCUT2D eigenvalue weighted by atomic mass is 19.1. The normalized spacial score (nSPS) is 10.5. The van der Waals surface area contributed by atoms with Crippen LogP contribution in [0.5, 0.6) is 0 Å². The van der Waals surface area contributed by atoms with Gasteiger partial charge in [0.1, 0.15) is 18.0 Å². The second kappa shape index (κ2) is 7.32. The van der Waals surface area contributed by atoms with Crippen LogP contribution in [-0.4, -0.2) is 14.9 Å². The van der Waals surface area contributed by atoms with Gasteiger partial charge in [-0.25, -0.2) is 18.7 Å². The van der Waals surface area contributed by atoms with Crippen LogP contribution in [0.15, 0.2) is 42.7 Å². The Hall–Kier alpha value is -3.62. The second-order valence-electron chi connectivity index (χ2n) is 5.93. The number of anilines is 4. The fourth-order valence-corrected chi connectivity index (χ4v) is 2.64. The fraction of sp³-hybridized carbons (Fsp3) is 0.111. The van der Waals surface area contributed by atoms with Gasteiger partial charge >= 0.3 is 5.69 Å². The van der Waals surface area contributed by atoms with Crippen LogP contribution in [0, 0.1) is 35.6 Å². The first-order valence-corrected chi connectivity index (χ1v) is 7.90. The molecule has 0 aliphatic rings. The zero-order chi connectivity index (χ0) is 19.6. The van der Waals surface area contributed by atoms with Gasteiger partial charge in [0.2, 0.25) is 11.6 Å². The maximum atomic E-state index is 13.9. The van der Waals surface area contributed by atoms with E-state index < -0.39 is 22.2 Å². The molecule has 0 aliphatic heterocycles. The van der Waals surface area contributed by atoms with E-state index >= 15 is 0 Å². The van der Waals surface area contributed by atoms with Crippen molar-refractivity contribution in [3.63, 3.8) is 0 Å². The largest absolute Gasteiger partial charge is 0.353 e. The smallest absolute Gasteiger partial charge is 0.334 e. The first kappa shape index (κ1) is 18.2. The molecule has 0 radical (unpaired) electrons. The highest BCUT2D eigenvalue weighted by Crippen LogP contribution is 2.33. The predicted octanol–water partition coefficient (Wildman–Crippen LogP) is 4.77. The van der Waals surface area contributed by atoms with Crippen LogP contribution >= 0.6 is 0 Å². The van der Waals surface area contributed by atoms with E-state index in [4.69, 9.17) is 0 Å². The third kappa shape index (κ3) is 4.14. The number of aromatic nitrogens is 2. The minimum Gasteiger partial charge on any atom is -0.334 e. The average Bonchev–Trinajstić information content (AvgIpc) is 2.56. The third-order valence-corrected chi connectivity index (χ3v) is 3.67. The van der Waals surface area contributed by atoms with Crippen LogP contribution in [0.3, 0.4) is 0 Å². The first-order valence-electron chi connectivity index (χ1n) is 7.90. The standard InChI is InChI=1S/C18H15F2N5O2/c1-10-5-11(2)7-13(6-10)23-17-16(25(26)27)18(22-9-21-17)24-15-4-3-12(19)8-14(15)20/h3-9H,1-2H3,(H2,21,22,23,24). The average molecular weight is 371 g/mol. The molecule has 0 bridgehead atoms. The highest BCUT2D eigenvalue weighted by Gasteiger charge is 2.24. The van der Waals surface area contributed by atoms with E-state index in [0.29, 0.717) is 11.8 Å². The second-order valence-corrected chi connectivity index (χ2v) is 5.93. The molecule has 9 heteroatoms. The molecule has 0 saturated carbocycles. The summed E-state index contributed by atoms with van der Waals surface area (Å²) in [6.45, 7) is 3.80. The molecule has 3 rings (SSSR count). The molecular weight excluding hydrogens is 356 g/mol. The fourth-order valence-electron chi connectivity index (χ4n) is 2.64. The van der Waals surface area contributed by atoms with Crippen LogP contribution in [0.1, 0.15) is 11.1 Å². The Labute approximate surface area is 153 Å². The Kier molecular flexibility index (Phi) is 4.93. The molecule has 1 aromatic heterocycles. The Morgan fingerprint density at radius 3 is 2.19 bits per heavy atom. The molecule has 0 spiro atoms. The maximum Gasteiger partial charge on any atom is 0.353 e. The van der Waals surface area contributed by atoms with E-state index in [1.165, 1.54) is 0 Å². The summed E-state index contributed by atoms with van der Waals surface area (Å²) < 4.78 is 26.9. The number of rotatable bonds is 5. The summed E-state index contributed by atoms with van der Waals surface area (Å²) in [6, 6.07) is 8.42. The number of nitrogens with zero attached hydrogens (tertiary/aromatic N) is 3. The molecule has 2 N–H and O–H groups in total. The quantitative estimate of drug-likeness (QED) is 0.496. The molecule has 0 fully saturated rings. The van der Waals surface area contributed by atoms with Crippen LogP contribution in [0.25, 0.3) is 0 Å². The van der Waals surface area contributed by atoms with Crippen molar-refractivity contribution in [2.24, 2.45) is 0 Å². The first-order chi connectivity index (χ1) is 12.8. The molecule has 2 aromatic carbocycles. The number of benzene rings is 2. The van der Waals surface area contributed by atoms with E-state index in [2.05, 4.69) is 20.6 Å². The van der Waals surface area contributed by atoms with E-state index in [9.17, 15) is 18.9 Å². The Balaban J connectivity index is 2.00. The Morgan fingerprint density at radius 2 is 1.59 bits per heavy atom. The van der Waals surface area contributed by atoms with Crippen LogP contribution in [-0.2, 0) is 0 Å². The van der Waals surface area contributed by atoms with Gasteiger partial charge in [-0.2, -0.15) is 0 Å². The molecule has 138 valence electrons. The van der Waals surface area contributed by atoms with Gasteiger partial charge in [0.15, 0.2) is 0 Å². The van der Waals surface area contributed by atoms with Crippen molar-refractivity contribution in [2.45, 2.75) is 13.8 Å². The molecule has 0 aliphatic carbocycles. The molecule has 0 unspecified atom stereocenters. The lowest BCUT2D eigenvalue weighted by molar-refractivity contribution is -0.383. The summed E-state index contributed by atoms with van der Waals surface area (Å²) in [6.07, 6.45) is 1.11. The Bertz CT molecular complexity index is 1010. The number of nitrogens with one attached hydrogen (secondary N) is 2. The van der Waals surface area contributed by atoms with E-state index in [1.54, 1.807) is 0 Å². The molecule has 7 nitrogen and oxygen atoms in total. The summed E-state index contributed by atoms with van der Waals surface area (Å²) in [4.78, 5) is 18.7. The lowest BCUT2D eigenvalue weighted by atomic mass is 10.1. The molecule has 27 heavy (non-hydrogen) atoms. The third-order valence-electron chi connectivity index (χ3n) is 3.67. The van der Waals surface area contributed by atoms with Gasteiger partial charge in [0, 0.05) is 11.8 Å². The van der Waals surface area contributed by atoms with Gasteiger partial charge in [-0.05, 0) is 49.2 Å². The summed E-state index contributed by atoms with van der Waals surface area (Å²) in [7, 11) is 0. The lowest BCUT2D eigenvalue weighted by Crippen LogP contribution is -2.06. The van der Waals surface area contributed by atoms with Crippen molar-refractivity contribution in [3.05, 3.63) is 75.6 Å². The number of aryl methyl sites for hydroxylation is 2. The molecule has 0 atom stereocenters. The molecular formula is C18H15F2N5O2. The van der Waals surface area contributed by atoms with Crippen LogP contribution in [0.2, 0.25) is 0 Å². The van der Waals surface area contributed by atoms with E-state index in [0.717, 1.165) is 29.6 Å². The predicted molar refractivity (Wildman–Crippen MR) is 97.5 cm³/mol. The SMILES string of the molecule is Cc1cc(C)cc(Nc2ncnc(Nc3ccc(F)cc3F)c2[N+](=O)[O-])c1. The number of hydrogen-bond donors (Lipinski definition) is 2. The monoisotopic (exact) mass is 371 g/mol. The van der Waals surface area contributed by atoms with Gasteiger partial charge in [0.25, 0.3) is 0 Å². The number of hydrogen-bond acceptors (Lipinski definition) is 6. The van der Waals surface area contributed by atoms with E-state index in [1.807, 2.05) is 32.0 Å². The van der Waals surface area contributed by atoms with E-state index in [-0.39, 0.29) is 17.3 Å². The molecule has 0 amide bonds. The molecule has 0 saturated heterocycles. The van der Waals surface area contributed by atoms with Crippen LogP contribution in [0.4, 0.5) is 37.5 Å². The maximum absolute atomic E-state index is 13.9. The number of halogens is 2. The summed E-state index contributed by atoms with van der Waals surface area (Å²) in [5.41, 5.74) is 1.96. The van der Waals surface area contributed by atoms with Gasteiger partial charge in [-0.15, -0.1) is 0 Å². The van der Waals surface area contributed by atoms with Gasteiger partial charge in [0.05, 0.1) is 10.6 Å². The van der Waals surface area contributed by atoms with Crippen LogP contribution < -0.4 is 10.6 Å². The Morgan fingerprint density at radius 1 is 0.963 bits per heavy atom. The van der Waals surface area contributed by atoms with Crippen molar-refractivity contribution in [3.8, 4) is 0 Å². The topological polar surface area (TPSA) is 93.0 Å². The highest BCUT2D eigenvalue weighted by molar-refractivity contribution is 5.77. The number of nitro groups is 1. The van der Waals surface area contributed by atoms with Crippen molar-refractivity contribution >= 4 is 28.7 Å². The van der Waals surface area contributed by atoms with Crippen molar-refractivity contribution in [1.82, 2.24) is 9.97 Å². The van der Waals surface area contributed by atoms with Gasteiger partial charge in [-0.3, -0.25) is 10.1 Å². The summed E-state index contributed by atoms with van der Waals surface area (Å²) >= 11 is 0. The van der Waals surface area contributed by atoms with Gasteiger partial charge in [-0.1, -0.05) is 6.07 Å². The van der Waals surface area contributed by atoms with Crippen molar-refractivity contribution < 1.29 is 13.7 Å². The summed E-state index contributed by atoms with van der Waals surface area (Å²) in [5, 5.41) is 17.0. The lowest BCUT2D eigenvalue weighted by Gasteiger charge is -2.11. The summed E-state index contributed by atoms with van der Waals surface area (Å²) in [5.74, 6) is -1.92. The molecule has 1 heterocycles. The zero-order valence-electron chi connectivity index (χ0n) is 14.5.